The number of fused-ring (bicyclic) bond motifs is 1. The first-order valence-electron chi connectivity index (χ1n) is 8.44. The quantitative estimate of drug-likeness (QED) is 0.839. The topological polar surface area (TPSA) is 104 Å². The molecule has 1 aliphatic heterocycles. The molecule has 0 aromatic heterocycles. The zero-order chi connectivity index (χ0) is 18.2. The maximum absolute atomic E-state index is 13.0. The molecule has 3 rings (SSSR count). The molecule has 25 heavy (non-hydrogen) atoms. The van der Waals surface area contributed by atoms with E-state index in [9.17, 15) is 23.1 Å². The number of rotatable bonds is 4. The van der Waals surface area contributed by atoms with Gasteiger partial charge in [0.25, 0.3) is 5.91 Å². The number of carboxylic acid groups (broad SMARTS) is 1. The molecule has 8 heteroatoms. The summed E-state index contributed by atoms with van der Waals surface area (Å²) in [6.45, 7) is 0. The number of nitrogens with one attached hydrogen (secondary N) is 1. The summed E-state index contributed by atoms with van der Waals surface area (Å²) in [6, 6.07) is 4.83. The fraction of sp³-hybridized carbons (Fsp3) is 0.529. The second kappa shape index (κ2) is 6.76. The number of carboxylic acids is 1. The second-order valence-electron chi connectivity index (χ2n) is 6.65. The molecule has 136 valence electrons. The van der Waals surface area contributed by atoms with Crippen LogP contribution in [0.5, 0.6) is 0 Å². The van der Waals surface area contributed by atoms with E-state index in [2.05, 4.69) is 4.72 Å². The number of hydrogen-bond acceptors (Lipinski definition) is 4. The van der Waals surface area contributed by atoms with Crippen LogP contribution in [0.3, 0.4) is 0 Å². The van der Waals surface area contributed by atoms with Crippen molar-refractivity contribution in [1.29, 1.82) is 0 Å². The van der Waals surface area contributed by atoms with Gasteiger partial charge in [-0.25, -0.2) is 17.9 Å². The van der Waals surface area contributed by atoms with Gasteiger partial charge in [-0.1, -0.05) is 18.9 Å². The second-order valence-corrected chi connectivity index (χ2v) is 8.54. The number of carbonyl (C=O) groups is 2. The summed E-state index contributed by atoms with van der Waals surface area (Å²) in [5.74, 6) is -1.19. The van der Waals surface area contributed by atoms with Crippen LogP contribution >= 0.6 is 0 Å². The minimum atomic E-state index is -3.67. The number of sulfonamides is 1. The van der Waals surface area contributed by atoms with E-state index in [1.807, 2.05) is 0 Å². The molecule has 2 N–H and O–H groups in total. The highest BCUT2D eigenvalue weighted by atomic mass is 32.2. The molecule has 1 aliphatic carbocycles. The SMILES string of the molecule is CNS(=O)(=O)c1cccc(C(=O)N2[C@H](C(=O)O)C[C@H]3CCCC[C@@H]32)c1. The van der Waals surface area contributed by atoms with Crippen LogP contribution in [0.15, 0.2) is 29.2 Å². The van der Waals surface area contributed by atoms with Gasteiger partial charge >= 0.3 is 5.97 Å². The van der Waals surface area contributed by atoms with Crippen LogP contribution in [-0.4, -0.2) is 49.4 Å². The summed E-state index contributed by atoms with van der Waals surface area (Å²) < 4.78 is 26.2. The van der Waals surface area contributed by atoms with Gasteiger partial charge in [0, 0.05) is 11.6 Å². The highest BCUT2D eigenvalue weighted by Crippen LogP contribution is 2.40. The molecule has 0 bridgehead atoms. The lowest BCUT2D eigenvalue weighted by atomic mass is 9.84. The fourth-order valence-corrected chi connectivity index (χ4v) is 4.81. The zero-order valence-electron chi connectivity index (χ0n) is 14.0. The molecule has 2 fully saturated rings. The number of benzene rings is 1. The van der Waals surface area contributed by atoms with Crippen LogP contribution in [0.1, 0.15) is 42.5 Å². The van der Waals surface area contributed by atoms with Crippen molar-refractivity contribution in [3.63, 3.8) is 0 Å². The summed E-state index contributed by atoms with van der Waals surface area (Å²) in [4.78, 5) is 26.2. The van der Waals surface area contributed by atoms with Crippen molar-refractivity contribution in [2.24, 2.45) is 5.92 Å². The molecule has 3 atom stereocenters. The van der Waals surface area contributed by atoms with E-state index >= 15 is 0 Å². The Balaban J connectivity index is 1.96. The predicted molar refractivity (Wildman–Crippen MR) is 90.6 cm³/mol. The smallest absolute Gasteiger partial charge is 0.326 e. The Kier molecular flexibility index (Phi) is 4.83. The largest absolute Gasteiger partial charge is 0.480 e. The lowest BCUT2D eigenvalue weighted by Crippen LogP contribution is -2.46. The van der Waals surface area contributed by atoms with Crippen molar-refractivity contribution in [1.82, 2.24) is 9.62 Å². The number of likely N-dealkylation sites (tertiary alicyclic amines) is 1. The molecule has 0 radical (unpaired) electrons. The van der Waals surface area contributed by atoms with E-state index in [4.69, 9.17) is 0 Å². The van der Waals surface area contributed by atoms with Gasteiger partial charge in [0.1, 0.15) is 6.04 Å². The van der Waals surface area contributed by atoms with E-state index in [1.54, 1.807) is 0 Å². The molecule has 1 saturated carbocycles. The number of nitrogens with zero attached hydrogens (tertiary/aromatic N) is 1. The van der Waals surface area contributed by atoms with Gasteiger partial charge < -0.3 is 10.0 Å². The van der Waals surface area contributed by atoms with E-state index in [-0.39, 0.29) is 22.4 Å². The first-order chi connectivity index (χ1) is 11.8. The van der Waals surface area contributed by atoms with Crippen molar-refractivity contribution >= 4 is 21.9 Å². The number of aliphatic carboxylic acids is 1. The Hall–Kier alpha value is -1.93. The van der Waals surface area contributed by atoms with Gasteiger partial charge in [-0.05, 0) is 50.4 Å². The fourth-order valence-electron chi connectivity index (χ4n) is 4.04. The average molecular weight is 366 g/mol. The lowest BCUT2D eigenvalue weighted by molar-refractivity contribution is -0.141. The minimum absolute atomic E-state index is 0.00730. The molecule has 2 aliphatic rings. The van der Waals surface area contributed by atoms with E-state index in [1.165, 1.54) is 36.2 Å². The summed E-state index contributed by atoms with van der Waals surface area (Å²) in [6.07, 6.45) is 4.25. The minimum Gasteiger partial charge on any atom is -0.480 e. The van der Waals surface area contributed by atoms with Crippen molar-refractivity contribution in [3.8, 4) is 0 Å². The molecule has 0 spiro atoms. The molecule has 1 aromatic carbocycles. The summed E-state index contributed by atoms with van der Waals surface area (Å²) in [5.41, 5.74) is 0.203. The van der Waals surface area contributed by atoms with Gasteiger partial charge in [-0.2, -0.15) is 0 Å². The average Bonchev–Trinajstić information content (AvgIpc) is 3.01. The Morgan fingerprint density at radius 1 is 1.24 bits per heavy atom. The monoisotopic (exact) mass is 366 g/mol. The van der Waals surface area contributed by atoms with Crippen molar-refractivity contribution < 1.29 is 23.1 Å². The van der Waals surface area contributed by atoms with Crippen LogP contribution in [0.2, 0.25) is 0 Å². The van der Waals surface area contributed by atoms with Crippen LogP contribution in [0.25, 0.3) is 0 Å². The number of amides is 1. The van der Waals surface area contributed by atoms with Gasteiger partial charge in [-0.15, -0.1) is 0 Å². The van der Waals surface area contributed by atoms with Gasteiger partial charge in [-0.3, -0.25) is 4.79 Å². The van der Waals surface area contributed by atoms with Crippen LogP contribution in [0, 0.1) is 5.92 Å². The Morgan fingerprint density at radius 2 is 1.96 bits per heavy atom. The normalized spacial score (nSPS) is 26.3. The molecule has 1 amide bonds. The maximum atomic E-state index is 13.0. The highest BCUT2D eigenvalue weighted by Gasteiger charge is 2.47. The molecular weight excluding hydrogens is 344 g/mol. The summed E-state index contributed by atoms with van der Waals surface area (Å²) in [7, 11) is -2.37. The van der Waals surface area contributed by atoms with E-state index in [0.29, 0.717) is 6.42 Å². The third-order valence-corrected chi connectivity index (χ3v) is 6.68. The Bertz CT molecular complexity index is 792. The molecule has 1 aromatic rings. The van der Waals surface area contributed by atoms with Crippen molar-refractivity contribution in [2.45, 2.75) is 49.1 Å². The lowest BCUT2D eigenvalue weighted by Gasteiger charge is -2.33. The van der Waals surface area contributed by atoms with Crippen LogP contribution < -0.4 is 4.72 Å². The van der Waals surface area contributed by atoms with Gasteiger partial charge in [0.2, 0.25) is 10.0 Å². The molecular formula is C17H22N2O5S. The van der Waals surface area contributed by atoms with Crippen molar-refractivity contribution in [2.75, 3.05) is 7.05 Å². The molecule has 7 nitrogen and oxygen atoms in total. The van der Waals surface area contributed by atoms with Crippen molar-refractivity contribution in [3.05, 3.63) is 29.8 Å². The third-order valence-electron chi connectivity index (χ3n) is 5.27. The van der Waals surface area contributed by atoms with Crippen LogP contribution in [0.4, 0.5) is 0 Å². The predicted octanol–water partition coefficient (Wildman–Crippen LogP) is 1.45. The molecule has 1 saturated heterocycles. The van der Waals surface area contributed by atoms with Crippen LogP contribution in [-0.2, 0) is 14.8 Å². The summed E-state index contributed by atoms with van der Waals surface area (Å²) in [5, 5.41) is 9.55. The van der Waals surface area contributed by atoms with Gasteiger partial charge in [0.15, 0.2) is 0 Å². The standard InChI is InChI=1S/C17H22N2O5S/c1-18-25(23,24)13-7-4-6-12(9-13)16(20)19-14-8-3-2-5-11(14)10-15(19)17(21)22/h4,6-7,9,11,14-15,18H,2-3,5,8,10H2,1H3,(H,21,22)/t11-,14+,15+/m1/s1. The van der Waals surface area contributed by atoms with E-state index in [0.717, 1.165) is 25.7 Å². The molecule has 0 unspecified atom stereocenters. The molecule has 1 heterocycles. The maximum Gasteiger partial charge on any atom is 0.326 e. The zero-order valence-corrected chi connectivity index (χ0v) is 14.8. The third kappa shape index (κ3) is 3.28. The first-order valence-corrected chi connectivity index (χ1v) is 9.92. The van der Waals surface area contributed by atoms with E-state index < -0.39 is 27.9 Å². The number of hydrogen-bond donors (Lipinski definition) is 2. The summed E-state index contributed by atoms with van der Waals surface area (Å²) >= 11 is 0. The van der Waals surface area contributed by atoms with Gasteiger partial charge in [0.05, 0.1) is 4.90 Å². The first kappa shape index (κ1) is 17.9. The highest BCUT2D eigenvalue weighted by molar-refractivity contribution is 7.89. The Morgan fingerprint density at radius 3 is 2.64 bits per heavy atom. The number of carbonyl (C=O) groups excluding carboxylic acids is 1. The Labute approximate surface area is 147 Å².